The molecule has 1 heterocycles. The lowest BCUT2D eigenvalue weighted by Gasteiger charge is -2.08. The van der Waals surface area contributed by atoms with Crippen LogP contribution in [0.5, 0.6) is 11.5 Å². The summed E-state index contributed by atoms with van der Waals surface area (Å²) >= 11 is 8.55. The first-order chi connectivity index (χ1) is 8.45. The summed E-state index contributed by atoms with van der Waals surface area (Å²) in [4.78, 5) is 3.25. The number of hydrogen-bond acceptors (Lipinski definition) is 3. The first kappa shape index (κ1) is 13.0. The Bertz CT molecular complexity index is 590. The summed E-state index contributed by atoms with van der Waals surface area (Å²) in [6, 6.07) is 5.21. The van der Waals surface area contributed by atoms with Crippen LogP contribution in [-0.2, 0) is 0 Å². The van der Waals surface area contributed by atoms with Crippen molar-refractivity contribution >= 4 is 33.2 Å². The van der Waals surface area contributed by atoms with Gasteiger partial charge >= 0.3 is 0 Å². The summed E-state index contributed by atoms with van der Waals surface area (Å²) < 4.78 is 31.5. The second kappa shape index (κ2) is 5.07. The molecule has 0 spiro atoms. The molecule has 0 aliphatic heterocycles. The van der Waals surface area contributed by atoms with Crippen molar-refractivity contribution in [3.8, 4) is 11.5 Å². The number of nitrogens with two attached hydrogens (primary N) is 1. The molecule has 3 nitrogen and oxygen atoms in total. The van der Waals surface area contributed by atoms with Gasteiger partial charge in [-0.05, 0) is 28.1 Å². The number of rotatable bonds is 2. The molecular formula is C11H6BrClF2N2O. The number of aromatic nitrogens is 1. The minimum atomic E-state index is -0.867. The molecule has 0 bridgehead atoms. The predicted octanol–water partition coefficient (Wildman–Crippen LogP) is 4.15. The van der Waals surface area contributed by atoms with Crippen LogP contribution in [0, 0.1) is 11.8 Å². The standard InChI is InChI=1S/C11H6BrClF2N2O/c12-11-10(15)8(4-9(14)17-11)18-7-2-5(13)1-6(16)3-7/h1-4H,16H2. The molecule has 0 saturated carbocycles. The second-order valence-corrected chi connectivity index (χ2v) is 4.56. The van der Waals surface area contributed by atoms with Gasteiger partial charge in [0.15, 0.2) is 11.6 Å². The van der Waals surface area contributed by atoms with Crippen molar-refractivity contribution in [1.82, 2.24) is 4.98 Å². The van der Waals surface area contributed by atoms with E-state index >= 15 is 0 Å². The quantitative estimate of drug-likeness (QED) is 0.662. The highest BCUT2D eigenvalue weighted by atomic mass is 79.9. The van der Waals surface area contributed by atoms with Gasteiger partial charge in [0, 0.05) is 22.8 Å². The molecule has 0 fully saturated rings. The van der Waals surface area contributed by atoms with Crippen LogP contribution in [0.1, 0.15) is 0 Å². The topological polar surface area (TPSA) is 48.1 Å². The van der Waals surface area contributed by atoms with Crippen molar-refractivity contribution in [2.45, 2.75) is 0 Å². The van der Waals surface area contributed by atoms with Crippen LogP contribution >= 0.6 is 27.5 Å². The van der Waals surface area contributed by atoms with Crippen LogP contribution in [0.25, 0.3) is 0 Å². The highest BCUT2D eigenvalue weighted by molar-refractivity contribution is 9.10. The fourth-order valence-electron chi connectivity index (χ4n) is 1.29. The molecule has 1 aromatic carbocycles. The summed E-state index contributed by atoms with van der Waals surface area (Å²) in [6.45, 7) is 0. The molecule has 7 heteroatoms. The van der Waals surface area contributed by atoms with E-state index in [9.17, 15) is 8.78 Å². The minimum Gasteiger partial charge on any atom is -0.454 e. The second-order valence-electron chi connectivity index (χ2n) is 3.37. The lowest BCUT2D eigenvalue weighted by atomic mass is 10.3. The predicted molar refractivity (Wildman–Crippen MR) is 67.8 cm³/mol. The van der Waals surface area contributed by atoms with Gasteiger partial charge in [0.1, 0.15) is 10.4 Å². The molecule has 0 atom stereocenters. The van der Waals surface area contributed by atoms with Crippen molar-refractivity contribution < 1.29 is 13.5 Å². The van der Waals surface area contributed by atoms with E-state index in [1.165, 1.54) is 18.2 Å². The van der Waals surface area contributed by atoms with Gasteiger partial charge in [-0.3, -0.25) is 0 Å². The molecule has 0 saturated heterocycles. The zero-order valence-corrected chi connectivity index (χ0v) is 11.1. The summed E-state index contributed by atoms with van der Waals surface area (Å²) in [6.07, 6.45) is 0. The molecule has 0 unspecified atom stereocenters. The zero-order valence-electron chi connectivity index (χ0n) is 8.75. The minimum absolute atomic E-state index is 0.205. The number of nitrogens with zero attached hydrogens (tertiary/aromatic N) is 1. The number of pyridine rings is 1. The molecular weight excluding hydrogens is 329 g/mol. The van der Waals surface area contributed by atoms with Crippen molar-refractivity contribution in [2.75, 3.05) is 5.73 Å². The zero-order chi connectivity index (χ0) is 13.3. The molecule has 94 valence electrons. The van der Waals surface area contributed by atoms with Gasteiger partial charge in [0.25, 0.3) is 0 Å². The summed E-state index contributed by atoms with van der Waals surface area (Å²) in [5.74, 6) is -1.78. The number of benzene rings is 1. The number of ether oxygens (including phenoxy) is 1. The molecule has 0 amide bonds. The largest absolute Gasteiger partial charge is 0.454 e. The summed E-state index contributed by atoms with van der Waals surface area (Å²) in [7, 11) is 0. The molecule has 18 heavy (non-hydrogen) atoms. The Labute approximate surface area is 115 Å². The average molecular weight is 336 g/mol. The number of hydrogen-bond donors (Lipinski definition) is 1. The summed E-state index contributed by atoms with van der Waals surface area (Å²) in [5.41, 5.74) is 5.91. The lowest BCUT2D eigenvalue weighted by Crippen LogP contribution is -1.95. The first-order valence-electron chi connectivity index (χ1n) is 4.71. The van der Waals surface area contributed by atoms with Gasteiger partial charge in [0.2, 0.25) is 5.95 Å². The van der Waals surface area contributed by atoms with Crippen molar-refractivity contribution in [1.29, 1.82) is 0 Å². The Hall–Kier alpha value is -1.40. The van der Waals surface area contributed by atoms with Gasteiger partial charge in [-0.15, -0.1) is 0 Å². The maximum absolute atomic E-state index is 13.6. The van der Waals surface area contributed by atoms with Gasteiger partial charge in [-0.25, -0.2) is 4.98 Å². The molecule has 1 aromatic heterocycles. The smallest absolute Gasteiger partial charge is 0.217 e. The maximum Gasteiger partial charge on any atom is 0.217 e. The SMILES string of the molecule is Nc1cc(Cl)cc(Oc2cc(F)nc(Br)c2F)c1. The molecule has 2 rings (SSSR count). The average Bonchev–Trinajstić information content (AvgIpc) is 2.23. The van der Waals surface area contributed by atoms with E-state index in [2.05, 4.69) is 20.9 Å². The monoisotopic (exact) mass is 334 g/mol. The fraction of sp³-hybridized carbons (Fsp3) is 0. The van der Waals surface area contributed by atoms with E-state index in [0.717, 1.165) is 6.07 Å². The third kappa shape index (κ3) is 2.88. The Balaban J connectivity index is 2.39. The Morgan fingerprint density at radius 2 is 1.94 bits per heavy atom. The van der Waals surface area contributed by atoms with Gasteiger partial charge in [0.05, 0.1) is 0 Å². The van der Waals surface area contributed by atoms with Crippen molar-refractivity contribution in [2.24, 2.45) is 0 Å². The molecule has 0 aliphatic carbocycles. The van der Waals surface area contributed by atoms with E-state index in [-0.39, 0.29) is 16.1 Å². The number of nitrogen functional groups attached to an aromatic ring is 1. The van der Waals surface area contributed by atoms with Gasteiger partial charge in [-0.1, -0.05) is 11.6 Å². The molecule has 0 radical (unpaired) electrons. The van der Waals surface area contributed by atoms with Crippen LogP contribution in [-0.4, -0.2) is 4.98 Å². The number of anilines is 1. The summed E-state index contributed by atoms with van der Waals surface area (Å²) in [5, 5.41) is 0.332. The van der Waals surface area contributed by atoms with Gasteiger partial charge < -0.3 is 10.5 Å². The highest BCUT2D eigenvalue weighted by Crippen LogP contribution is 2.31. The lowest BCUT2D eigenvalue weighted by molar-refractivity contribution is 0.427. The van der Waals surface area contributed by atoms with Crippen LogP contribution in [0.2, 0.25) is 5.02 Å². The van der Waals surface area contributed by atoms with Crippen LogP contribution in [0.4, 0.5) is 14.5 Å². The van der Waals surface area contributed by atoms with E-state index in [1.54, 1.807) is 0 Å². The fourth-order valence-corrected chi connectivity index (χ4v) is 1.89. The van der Waals surface area contributed by atoms with Crippen LogP contribution < -0.4 is 10.5 Å². The van der Waals surface area contributed by atoms with E-state index in [0.29, 0.717) is 10.7 Å². The first-order valence-corrected chi connectivity index (χ1v) is 5.88. The third-order valence-corrected chi connectivity index (χ3v) is 2.72. The Morgan fingerprint density at radius 1 is 1.22 bits per heavy atom. The maximum atomic E-state index is 13.6. The Kier molecular flexibility index (Phi) is 3.68. The van der Waals surface area contributed by atoms with Crippen molar-refractivity contribution in [3.05, 3.63) is 45.7 Å². The normalized spacial score (nSPS) is 10.4. The van der Waals surface area contributed by atoms with E-state index < -0.39 is 11.8 Å². The van der Waals surface area contributed by atoms with Crippen molar-refractivity contribution in [3.63, 3.8) is 0 Å². The Morgan fingerprint density at radius 3 is 2.61 bits per heavy atom. The highest BCUT2D eigenvalue weighted by Gasteiger charge is 2.13. The molecule has 2 aromatic rings. The number of halogens is 4. The third-order valence-electron chi connectivity index (χ3n) is 1.97. The molecule has 0 aliphatic rings. The van der Waals surface area contributed by atoms with E-state index in [4.69, 9.17) is 22.1 Å². The van der Waals surface area contributed by atoms with Crippen LogP contribution in [0.15, 0.2) is 28.9 Å². The molecule has 2 N–H and O–H groups in total. The van der Waals surface area contributed by atoms with Gasteiger partial charge in [-0.2, -0.15) is 8.78 Å². The van der Waals surface area contributed by atoms with Crippen LogP contribution in [0.3, 0.4) is 0 Å². The van der Waals surface area contributed by atoms with E-state index in [1.807, 2.05) is 0 Å².